The van der Waals surface area contributed by atoms with Crippen LogP contribution in [0.25, 0.3) is 0 Å². The van der Waals surface area contributed by atoms with Gasteiger partial charge >= 0.3 is 0 Å². The van der Waals surface area contributed by atoms with E-state index in [1.807, 2.05) is 0 Å². The van der Waals surface area contributed by atoms with Crippen molar-refractivity contribution in [2.75, 3.05) is 7.11 Å². The van der Waals surface area contributed by atoms with E-state index in [4.69, 9.17) is 0 Å². The zero-order valence-electron chi connectivity index (χ0n) is 5.22. The normalized spacial score (nSPS) is 9.40. The third-order valence-corrected chi connectivity index (χ3v) is 1.14. The second-order valence-electron chi connectivity index (χ2n) is 1.57. The largest absolute Gasteiger partial charge is 0.480 e. The summed E-state index contributed by atoms with van der Waals surface area (Å²) in [5, 5.41) is 0. The van der Waals surface area contributed by atoms with E-state index in [0.29, 0.717) is 0 Å². The number of nitrogens with zero attached hydrogens (tertiary/aromatic N) is 1. The number of rotatable bonds is 1. The summed E-state index contributed by atoms with van der Waals surface area (Å²) in [6, 6.07) is 0. The lowest BCUT2D eigenvalue weighted by molar-refractivity contribution is 0.366. The Morgan fingerprint density at radius 2 is 2.50 bits per heavy atom. The van der Waals surface area contributed by atoms with Gasteiger partial charge in [0, 0.05) is 0 Å². The second-order valence-corrected chi connectivity index (χ2v) is 1.96. The standard InChI is InChI=1S/C5H5FN2OS/c1-9-4-3(6)2-7-5(10)8-4/h2H,1H3,(H,7,8,10). The van der Waals surface area contributed by atoms with Gasteiger partial charge in [0.2, 0.25) is 11.7 Å². The van der Waals surface area contributed by atoms with Gasteiger partial charge in [0.1, 0.15) is 0 Å². The number of aromatic amines is 1. The Labute approximate surface area is 61.9 Å². The number of ether oxygens (including phenoxy) is 1. The molecule has 0 saturated carbocycles. The zero-order chi connectivity index (χ0) is 7.56. The van der Waals surface area contributed by atoms with Crippen LogP contribution in [0.15, 0.2) is 6.20 Å². The van der Waals surface area contributed by atoms with Crippen LogP contribution in [0.2, 0.25) is 0 Å². The van der Waals surface area contributed by atoms with Crippen molar-refractivity contribution in [3.63, 3.8) is 0 Å². The lowest BCUT2D eigenvalue weighted by atomic mass is 10.6. The van der Waals surface area contributed by atoms with Gasteiger partial charge in [-0.1, -0.05) is 0 Å². The summed E-state index contributed by atoms with van der Waals surface area (Å²) in [4.78, 5) is 5.92. The molecule has 10 heavy (non-hydrogen) atoms. The van der Waals surface area contributed by atoms with Gasteiger partial charge < -0.3 is 4.74 Å². The molecule has 0 aliphatic rings. The van der Waals surface area contributed by atoms with Gasteiger partial charge in [0.05, 0.1) is 13.3 Å². The first-order chi connectivity index (χ1) is 4.74. The molecule has 3 nitrogen and oxygen atoms in total. The van der Waals surface area contributed by atoms with Gasteiger partial charge in [-0.25, -0.2) is 4.98 Å². The summed E-state index contributed by atoms with van der Waals surface area (Å²) < 4.78 is 17.3. The highest BCUT2D eigenvalue weighted by atomic mass is 32.1. The molecule has 0 spiro atoms. The van der Waals surface area contributed by atoms with Crippen LogP contribution in [-0.2, 0) is 0 Å². The molecule has 0 atom stereocenters. The first-order valence-electron chi connectivity index (χ1n) is 2.53. The molecule has 1 N–H and O–H groups in total. The van der Waals surface area contributed by atoms with Crippen molar-refractivity contribution >= 4 is 12.2 Å². The Kier molecular flexibility index (Phi) is 1.96. The molecule has 0 aromatic carbocycles. The molecule has 0 fully saturated rings. The third kappa shape index (κ3) is 1.30. The number of hydrogen-bond donors (Lipinski definition) is 1. The number of hydrogen-bond acceptors (Lipinski definition) is 3. The van der Waals surface area contributed by atoms with E-state index in [1.54, 1.807) is 0 Å². The minimum absolute atomic E-state index is 0.0139. The van der Waals surface area contributed by atoms with Crippen molar-refractivity contribution in [3.05, 3.63) is 16.8 Å². The Balaban J connectivity index is 3.22. The van der Waals surface area contributed by atoms with Crippen LogP contribution >= 0.6 is 12.2 Å². The molecular weight excluding hydrogens is 155 g/mol. The van der Waals surface area contributed by atoms with Crippen LogP contribution in [0, 0.1) is 10.6 Å². The Bertz CT molecular complexity index is 285. The fourth-order valence-electron chi connectivity index (χ4n) is 0.512. The van der Waals surface area contributed by atoms with E-state index in [0.717, 1.165) is 6.20 Å². The molecule has 0 radical (unpaired) electrons. The molecular formula is C5H5FN2OS. The summed E-state index contributed by atoms with van der Waals surface area (Å²) >= 11 is 4.61. The highest BCUT2D eigenvalue weighted by Gasteiger charge is 1.99. The number of nitrogens with one attached hydrogen (secondary N) is 1. The molecule has 1 heterocycles. The molecule has 5 heteroatoms. The summed E-state index contributed by atoms with van der Waals surface area (Å²) in [6.45, 7) is 0. The van der Waals surface area contributed by atoms with Gasteiger partial charge in [-0.3, -0.25) is 4.98 Å². The van der Waals surface area contributed by atoms with E-state index in [-0.39, 0.29) is 10.7 Å². The molecule has 0 aliphatic heterocycles. The lowest BCUT2D eigenvalue weighted by Gasteiger charge is -1.97. The molecule has 0 amide bonds. The molecule has 1 aromatic heterocycles. The Hall–Kier alpha value is -0.970. The topological polar surface area (TPSA) is 37.9 Å². The lowest BCUT2D eigenvalue weighted by Crippen LogP contribution is -1.93. The van der Waals surface area contributed by atoms with Crippen molar-refractivity contribution in [1.29, 1.82) is 0 Å². The highest BCUT2D eigenvalue weighted by molar-refractivity contribution is 7.71. The van der Waals surface area contributed by atoms with E-state index in [1.165, 1.54) is 7.11 Å². The number of halogens is 1. The predicted molar refractivity (Wildman–Crippen MR) is 35.9 cm³/mol. The summed E-state index contributed by atoms with van der Waals surface area (Å²) in [7, 11) is 1.35. The van der Waals surface area contributed by atoms with Crippen molar-refractivity contribution in [2.24, 2.45) is 0 Å². The van der Waals surface area contributed by atoms with Crippen LogP contribution in [0.5, 0.6) is 5.88 Å². The predicted octanol–water partition coefficient (Wildman–Crippen LogP) is 1.29. The van der Waals surface area contributed by atoms with Gasteiger partial charge in [-0.15, -0.1) is 0 Å². The van der Waals surface area contributed by atoms with Gasteiger partial charge in [-0.05, 0) is 12.2 Å². The SMILES string of the molecule is COc1[nH]c(=S)ncc1F. The van der Waals surface area contributed by atoms with Crippen molar-refractivity contribution in [2.45, 2.75) is 0 Å². The molecule has 0 saturated heterocycles. The van der Waals surface area contributed by atoms with Gasteiger partial charge in [-0.2, -0.15) is 4.39 Å². The van der Waals surface area contributed by atoms with Crippen LogP contribution in [-0.4, -0.2) is 17.1 Å². The van der Waals surface area contributed by atoms with Crippen LogP contribution < -0.4 is 4.74 Å². The molecule has 54 valence electrons. The fraction of sp³-hybridized carbons (Fsp3) is 0.200. The fourth-order valence-corrected chi connectivity index (χ4v) is 0.657. The van der Waals surface area contributed by atoms with E-state index in [2.05, 4.69) is 26.9 Å². The monoisotopic (exact) mass is 160 g/mol. The van der Waals surface area contributed by atoms with Crippen molar-refractivity contribution in [3.8, 4) is 5.88 Å². The Morgan fingerprint density at radius 1 is 1.80 bits per heavy atom. The highest BCUT2D eigenvalue weighted by Crippen LogP contribution is 2.08. The first-order valence-corrected chi connectivity index (χ1v) is 2.93. The van der Waals surface area contributed by atoms with E-state index in [9.17, 15) is 4.39 Å². The van der Waals surface area contributed by atoms with Crippen molar-refractivity contribution < 1.29 is 9.13 Å². The average molecular weight is 160 g/mol. The van der Waals surface area contributed by atoms with Crippen LogP contribution in [0.4, 0.5) is 4.39 Å². The van der Waals surface area contributed by atoms with E-state index < -0.39 is 5.82 Å². The van der Waals surface area contributed by atoms with Crippen molar-refractivity contribution in [1.82, 2.24) is 9.97 Å². The molecule has 1 rings (SSSR count). The minimum atomic E-state index is -0.545. The van der Waals surface area contributed by atoms with Crippen LogP contribution in [0.3, 0.4) is 0 Å². The number of H-pyrrole nitrogens is 1. The third-order valence-electron chi connectivity index (χ3n) is 0.937. The smallest absolute Gasteiger partial charge is 0.231 e. The van der Waals surface area contributed by atoms with Gasteiger partial charge in [0.25, 0.3) is 0 Å². The molecule has 0 unspecified atom stereocenters. The summed E-state index contributed by atoms with van der Waals surface area (Å²) in [5.74, 6) is -0.531. The second kappa shape index (κ2) is 2.74. The van der Waals surface area contributed by atoms with Gasteiger partial charge in [0.15, 0.2) is 4.77 Å². The summed E-state index contributed by atoms with van der Waals surface area (Å²) in [6.07, 6.45) is 1.01. The average Bonchev–Trinajstić information content (AvgIpc) is 1.94. The molecule has 0 bridgehead atoms. The quantitative estimate of drug-likeness (QED) is 0.629. The molecule has 0 aliphatic carbocycles. The first kappa shape index (κ1) is 7.14. The zero-order valence-corrected chi connectivity index (χ0v) is 6.04. The summed E-state index contributed by atoms with van der Waals surface area (Å²) in [5.41, 5.74) is 0. The maximum Gasteiger partial charge on any atom is 0.231 e. The maximum atomic E-state index is 12.5. The van der Waals surface area contributed by atoms with Crippen LogP contribution in [0.1, 0.15) is 0 Å². The molecule has 1 aromatic rings. The number of aromatic nitrogens is 2. The minimum Gasteiger partial charge on any atom is -0.480 e. The Morgan fingerprint density at radius 3 is 3.00 bits per heavy atom. The van der Waals surface area contributed by atoms with E-state index >= 15 is 0 Å². The number of methoxy groups -OCH3 is 1. The maximum absolute atomic E-state index is 12.5.